The summed E-state index contributed by atoms with van der Waals surface area (Å²) in [7, 11) is 0. The van der Waals surface area contributed by atoms with Crippen LogP contribution in [0.2, 0.25) is 0 Å². The van der Waals surface area contributed by atoms with Gasteiger partial charge in [0.25, 0.3) is 0 Å². The third-order valence-electron chi connectivity index (χ3n) is 3.76. The molecule has 0 aromatic heterocycles. The van der Waals surface area contributed by atoms with Crippen molar-refractivity contribution in [2.45, 2.75) is 31.8 Å². The highest BCUT2D eigenvalue weighted by atomic mass is 16.3. The fourth-order valence-electron chi connectivity index (χ4n) is 2.77. The summed E-state index contributed by atoms with van der Waals surface area (Å²) < 4.78 is 0. The summed E-state index contributed by atoms with van der Waals surface area (Å²) >= 11 is 0. The van der Waals surface area contributed by atoms with Gasteiger partial charge in [-0.1, -0.05) is 60.7 Å². The van der Waals surface area contributed by atoms with Gasteiger partial charge in [0.15, 0.2) is 0 Å². The Kier molecular flexibility index (Phi) is 5.88. The fraction of sp³-hybridized carbons (Fsp3) is 0.368. The van der Waals surface area contributed by atoms with Crippen LogP contribution in [0.15, 0.2) is 65.9 Å². The van der Waals surface area contributed by atoms with Crippen LogP contribution in [-0.4, -0.2) is 28.8 Å². The maximum absolute atomic E-state index is 11.0. The van der Waals surface area contributed by atoms with Crippen molar-refractivity contribution in [2.75, 3.05) is 13.1 Å². The first kappa shape index (κ1) is 17.2. The summed E-state index contributed by atoms with van der Waals surface area (Å²) in [5.41, 5.74) is 1.49. The number of aliphatic hydroxyl groups is 1. The maximum Gasteiger partial charge on any atom is 0.0783 e. The number of benzene rings is 2. The van der Waals surface area contributed by atoms with Crippen LogP contribution in [0.5, 0.6) is 0 Å². The second-order valence-corrected chi connectivity index (χ2v) is 6.44. The van der Waals surface area contributed by atoms with Crippen molar-refractivity contribution < 1.29 is 5.11 Å². The molecule has 0 saturated carbocycles. The van der Waals surface area contributed by atoms with Gasteiger partial charge in [0, 0.05) is 12.5 Å². The lowest BCUT2D eigenvalue weighted by Crippen LogP contribution is -2.36. The van der Waals surface area contributed by atoms with Crippen LogP contribution in [0, 0.1) is 4.91 Å². The number of nitroso groups, excluding NO2 is 1. The van der Waals surface area contributed by atoms with E-state index in [1.165, 1.54) is 16.1 Å². The van der Waals surface area contributed by atoms with Crippen LogP contribution in [0.4, 0.5) is 0 Å². The van der Waals surface area contributed by atoms with Crippen molar-refractivity contribution in [3.8, 4) is 0 Å². The summed E-state index contributed by atoms with van der Waals surface area (Å²) in [4.78, 5) is 11.0. The number of hydrogen-bond donors (Lipinski definition) is 1. The number of rotatable bonds is 8. The molecular weight excluding hydrogens is 288 g/mol. The monoisotopic (exact) mass is 312 g/mol. The molecule has 0 amide bonds. The molecule has 0 spiro atoms. The molecular formula is C19H24N2O2. The van der Waals surface area contributed by atoms with E-state index < -0.39 is 5.60 Å². The fourth-order valence-corrected chi connectivity index (χ4v) is 2.77. The van der Waals surface area contributed by atoms with Crippen LogP contribution in [-0.2, 0) is 0 Å². The number of nitrogens with zero attached hydrogens (tertiary/aromatic N) is 2. The van der Waals surface area contributed by atoms with E-state index in [1.54, 1.807) is 13.8 Å². The first-order valence-corrected chi connectivity index (χ1v) is 7.90. The molecule has 122 valence electrons. The molecule has 0 aliphatic rings. The summed E-state index contributed by atoms with van der Waals surface area (Å²) in [5, 5.41) is 14.3. The van der Waals surface area contributed by atoms with Crippen LogP contribution in [0.1, 0.15) is 37.3 Å². The van der Waals surface area contributed by atoms with E-state index in [4.69, 9.17) is 0 Å². The van der Waals surface area contributed by atoms with Gasteiger partial charge in [0.05, 0.1) is 17.4 Å². The summed E-state index contributed by atoms with van der Waals surface area (Å²) in [6.07, 6.45) is 0.760. The molecule has 2 aromatic rings. The van der Waals surface area contributed by atoms with Crippen molar-refractivity contribution in [1.29, 1.82) is 0 Å². The lowest BCUT2D eigenvalue weighted by molar-refractivity contribution is 0.0357. The van der Waals surface area contributed by atoms with Crippen molar-refractivity contribution in [1.82, 2.24) is 5.01 Å². The van der Waals surface area contributed by atoms with E-state index in [2.05, 4.69) is 29.6 Å². The van der Waals surface area contributed by atoms with Crippen LogP contribution in [0.3, 0.4) is 0 Å². The van der Waals surface area contributed by atoms with Gasteiger partial charge < -0.3 is 5.11 Å². The lowest BCUT2D eigenvalue weighted by Gasteiger charge is -2.26. The highest BCUT2D eigenvalue weighted by molar-refractivity contribution is 5.32. The van der Waals surface area contributed by atoms with E-state index in [1.807, 2.05) is 36.4 Å². The summed E-state index contributed by atoms with van der Waals surface area (Å²) in [5.74, 6) is 0.198. The third-order valence-corrected chi connectivity index (χ3v) is 3.76. The Morgan fingerprint density at radius 3 is 1.87 bits per heavy atom. The second-order valence-electron chi connectivity index (χ2n) is 6.44. The predicted molar refractivity (Wildman–Crippen MR) is 93.0 cm³/mol. The Labute approximate surface area is 137 Å². The molecule has 2 aromatic carbocycles. The Hall–Kier alpha value is -2.20. The summed E-state index contributed by atoms with van der Waals surface area (Å²) in [6.45, 7) is 4.09. The highest BCUT2D eigenvalue weighted by Crippen LogP contribution is 2.28. The normalized spacial score (nSPS) is 11.5. The van der Waals surface area contributed by atoms with Crippen molar-refractivity contribution in [2.24, 2.45) is 5.29 Å². The van der Waals surface area contributed by atoms with Gasteiger partial charge >= 0.3 is 0 Å². The third kappa shape index (κ3) is 5.49. The standard InChI is InChI=1S/C19H24N2O2/c1-19(2,22)15-21(20-23)14-13-18(16-9-5-3-6-10-16)17-11-7-4-8-12-17/h3-12,18,22H,13-15H2,1-2H3. The zero-order chi connectivity index (χ0) is 16.7. The Morgan fingerprint density at radius 1 is 1.00 bits per heavy atom. The molecule has 0 aliphatic carbocycles. The molecule has 0 atom stereocenters. The molecule has 0 saturated heterocycles. The van der Waals surface area contributed by atoms with E-state index >= 15 is 0 Å². The SMILES string of the molecule is CC(C)(O)CN(CCC(c1ccccc1)c1ccccc1)N=O. The van der Waals surface area contributed by atoms with Crippen LogP contribution < -0.4 is 0 Å². The van der Waals surface area contributed by atoms with Crippen LogP contribution >= 0.6 is 0 Å². The van der Waals surface area contributed by atoms with Gasteiger partial charge in [-0.2, -0.15) is 0 Å². The van der Waals surface area contributed by atoms with Gasteiger partial charge in [-0.05, 0) is 31.4 Å². The van der Waals surface area contributed by atoms with E-state index in [-0.39, 0.29) is 12.5 Å². The molecule has 4 heteroatoms. The van der Waals surface area contributed by atoms with Gasteiger partial charge in [-0.3, -0.25) is 5.01 Å². The molecule has 0 radical (unpaired) electrons. The molecule has 23 heavy (non-hydrogen) atoms. The zero-order valence-electron chi connectivity index (χ0n) is 13.7. The predicted octanol–water partition coefficient (Wildman–Crippen LogP) is 3.96. The molecule has 0 heterocycles. The first-order valence-electron chi connectivity index (χ1n) is 7.90. The topological polar surface area (TPSA) is 52.9 Å². The van der Waals surface area contributed by atoms with Crippen LogP contribution in [0.25, 0.3) is 0 Å². The smallest absolute Gasteiger partial charge is 0.0783 e. The zero-order valence-corrected chi connectivity index (χ0v) is 13.7. The second kappa shape index (κ2) is 7.88. The minimum atomic E-state index is -0.942. The quantitative estimate of drug-likeness (QED) is 0.593. The average Bonchev–Trinajstić information content (AvgIpc) is 2.55. The van der Waals surface area contributed by atoms with Crippen molar-refractivity contribution in [3.63, 3.8) is 0 Å². The Balaban J connectivity index is 2.14. The maximum atomic E-state index is 11.0. The van der Waals surface area contributed by atoms with E-state index in [0.29, 0.717) is 6.54 Å². The lowest BCUT2D eigenvalue weighted by atomic mass is 9.88. The summed E-state index contributed by atoms with van der Waals surface area (Å²) in [6, 6.07) is 20.5. The largest absolute Gasteiger partial charge is 0.389 e. The molecule has 0 unspecified atom stereocenters. The average molecular weight is 312 g/mol. The highest BCUT2D eigenvalue weighted by Gasteiger charge is 2.20. The molecule has 0 bridgehead atoms. The van der Waals surface area contributed by atoms with Crippen molar-refractivity contribution in [3.05, 3.63) is 76.7 Å². The van der Waals surface area contributed by atoms with Gasteiger partial charge in [0.1, 0.15) is 0 Å². The van der Waals surface area contributed by atoms with Gasteiger partial charge in [0.2, 0.25) is 0 Å². The Morgan fingerprint density at radius 2 is 1.48 bits per heavy atom. The molecule has 1 N–H and O–H groups in total. The minimum Gasteiger partial charge on any atom is -0.389 e. The van der Waals surface area contributed by atoms with Gasteiger partial charge in [-0.25, -0.2) is 0 Å². The minimum absolute atomic E-state index is 0.198. The first-order chi connectivity index (χ1) is 11.0. The van der Waals surface area contributed by atoms with Crippen molar-refractivity contribution >= 4 is 0 Å². The molecule has 4 nitrogen and oxygen atoms in total. The molecule has 0 fully saturated rings. The number of hydrogen-bond acceptors (Lipinski definition) is 3. The van der Waals surface area contributed by atoms with E-state index in [0.717, 1.165) is 6.42 Å². The van der Waals surface area contributed by atoms with E-state index in [9.17, 15) is 10.0 Å². The Bertz CT molecular complexity index is 554. The molecule has 2 rings (SSSR count). The van der Waals surface area contributed by atoms with Gasteiger partial charge in [-0.15, -0.1) is 4.91 Å². The molecule has 0 aliphatic heterocycles.